The van der Waals surface area contributed by atoms with E-state index in [-0.39, 0.29) is 18.1 Å². The SMILES string of the molecule is CCOC(=O)C1=C(C)NC(SCC(=O)c2cccs2)=C(C#N)[C@H]1c1ccc(F)cc1. The summed E-state index contributed by atoms with van der Waals surface area (Å²) in [5, 5.41) is 15.3. The summed E-state index contributed by atoms with van der Waals surface area (Å²) in [6.45, 7) is 3.61. The molecule has 1 atom stereocenters. The summed E-state index contributed by atoms with van der Waals surface area (Å²) in [4.78, 5) is 25.7. The van der Waals surface area contributed by atoms with Crippen LogP contribution in [0.4, 0.5) is 4.39 Å². The zero-order chi connectivity index (χ0) is 21.7. The lowest BCUT2D eigenvalue weighted by Crippen LogP contribution is -2.29. The third-order valence-electron chi connectivity index (χ3n) is 4.49. The second-order valence-corrected chi connectivity index (χ2v) is 8.35. The maximum Gasteiger partial charge on any atom is 0.336 e. The molecule has 30 heavy (non-hydrogen) atoms. The average molecular weight is 443 g/mol. The standard InChI is InChI=1S/C22H19FN2O3S2/c1-3-28-22(27)19-13(2)25-21(30-12-17(26)18-5-4-10-29-18)16(11-24)20(19)14-6-8-15(23)9-7-14/h4-10,20,25H,3,12H2,1-2H3/t20-/m1/s1. The van der Waals surface area contributed by atoms with Gasteiger partial charge in [-0.15, -0.1) is 11.3 Å². The summed E-state index contributed by atoms with van der Waals surface area (Å²) in [6, 6.07) is 11.4. The number of carbonyl (C=O) groups excluding carboxylic acids is 2. The van der Waals surface area contributed by atoms with Crippen molar-refractivity contribution in [1.29, 1.82) is 5.26 Å². The van der Waals surface area contributed by atoms with E-state index in [0.29, 0.717) is 32.3 Å². The summed E-state index contributed by atoms with van der Waals surface area (Å²) >= 11 is 2.57. The first-order valence-electron chi connectivity index (χ1n) is 9.20. The van der Waals surface area contributed by atoms with Crippen molar-refractivity contribution in [3.8, 4) is 6.07 Å². The molecule has 0 bridgehead atoms. The normalized spacial score (nSPS) is 16.1. The Bertz CT molecular complexity index is 1050. The molecule has 0 unspecified atom stereocenters. The van der Waals surface area contributed by atoms with Crippen molar-refractivity contribution in [3.63, 3.8) is 0 Å². The number of dihydropyridines is 1. The van der Waals surface area contributed by atoms with E-state index < -0.39 is 17.7 Å². The number of ketones is 1. The van der Waals surface area contributed by atoms with Gasteiger partial charge in [0.25, 0.3) is 0 Å². The van der Waals surface area contributed by atoms with Crippen molar-refractivity contribution in [2.75, 3.05) is 12.4 Å². The number of thioether (sulfide) groups is 1. The van der Waals surface area contributed by atoms with Crippen molar-refractivity contribution in [3.05, 3.63) is 79.9 Å². The summed E-state index contributed by atoms with van der Waals surface area (Å²) in [5.74, 6) is -1.56. The molecule has 154 valence electrons. The van der Waals surface area contributed by atoms with E-state index in [0.717, 1.165) is 0 Å². The van der Waals surface area contributed by atoms with E-state index >= 15 is 0 Å². The molecule has 2 heterocycles. The lowest BCUT2D eigenvalue weighted by Gasteiger charge is -2.29. The first-order chi connectivity index (χ1) is 14.5. The molecular weight excluding hydrogens is 423 g/mol. The van der Waals surface area contributed by atoms with E-state index in [2.05, 4.69) is 11.4 Å². The number of allylic oxidation sites excluding steroid dienone is 2. The summed E-state index contributed by atoms with van der Waals surface area (Å²) in [6.07, 6.45) is 0. The van der Waals surface area contributed by atoms with Crippen LogP contribution in [0.5, 0.6) is 0 Å². The molecule has 0 radical (unpaired) electrons. The fourth-order valence-electron chi connectivity index (χ4n) is 3.14. The number of carbonyl (C=O) groups is 2. The van der Waals surface area contributed by atoms with Crippen LogP contribution in [0.25, 0.3) is 0 Å². The van der Waals surface area contributed by atoms with Crippen molar-refractivity contribution in [1.82, 2.24) is 5.32 Å². The smallest absolute Gasteiger partial charge is 0.336 e. The minimum atomic E-state index is -0.713. The van der Waals surface area contributed by atoms with Crippen molar-refractivity contribution in [2.45, 2.75) is 19.8 Å². The predicted molar refractivity (Wildman–Crippen MR) is 115 cm³/mol. The van der Waals surface area contributed by atoms with Crippen molar-refractivity contribution in [2.24, 2.45) is 0 Å². The number of nitriles is 1. The van der Waals surface area contributed by atoms with Crippen molar-refractivity contribution >= 4 is 34.9 Å². The van der Waals surface area contributed by atoms with Crippen LogP contribution in [0.1, 0.15) is 35.0 Å². The van der Waals surface area contributed by atoms with Gasteiger partial charge < -0.3 is 10.1 Å². The number of hydrogen-bond donors (Lipinski definition) is 1. The van der Waals surface area contributed by atoms with Crippen molar-refractivity contribution < 1.29 is 18.7 Å². The molecule has 1 aromatic heterocycles. The average Bonchev–Trinajstić information content (AvgIpc) is 3.27. The van der Waals surface area contributed by atoms with E-state index in [1.165, 1.54) is 35.2 Å². The molecular formula is C22H19FN2O3S2. The van der Waals surface area contributed by atoms with Gasteiger partial charge in [-0.1, -0.05) is 30.0 Å². The molecule has 0 spiro atoms. The van der Waals surface area contributed by atoms with Gasteiger partial charge in [0.05, 0.1) is 45.4 Å². The molecule has 1 aliphatic heterocycles. The first-order valence-corrected chi connectivity index (χ1v) is 11.1. The first kappa shape index (κ1) is 21.8. The molecule has 5 nitrogen and oxygen atoms in total. The maximum absolute atomic E-state index is 13.5. The number of rotatable bonds is 7. The van der Waals surface area contributed by atoms with Crippen LogP contribution in [0.2, 0.25) is 0 Å². The quantitative estimate of drug-likeness (QED) is 0.492. The van der Waals surface area contributed by atoms with Gasteiger partial charge in [0.2, 0.25) is 0 Å². The number of benzene rings is 1. The Morgan fingerprint density at radius 1 is 1.30 bits per heavy atom. The molecule has 2 aromatic rings. The molecule has 3 rings (SSSR count). The highest BCUT2D eigenvalue weighted by molar-refractivity contribution is 8.03. The molecule has 0 saturated heterocycles. The van der Waals surface area contributed by atoms with Crippen LogP contribution < -0.4 is 5.32 Å². The van der Waals surface area contributed by atoms with Crippen LogP contribution >= 0.6 is 23.1 Å². The molecule has 0 fully saturated rings. The maximum atomic E-state index is 13.5. The van der Waals surface area contributed by atoms with Crippen LogP contribution in [0.3, 0.4) is 0 Å². The Kier molecular flexibility index (Phi) is 7.08. The number of ether oxygens (including phenoxy) is 1. The van der Waals surface area contributed by atoms with Gasteiger partial charge in [-0.05, 0) is 43.0 Å². The topological polar surface area (TPSA) is 79.2 Å². The second-order valence-electron chi connectivity index (χ2n) is 6.41. The van der Waals surface area contributed by atoms with E-state index in [1.54, 1.807) is 32.0 Å². The van der Waals surface area contributed by atoms with Gasteiger partial charge in [-0.3, -0.25) is 4.79 Å². The van der Waals surface area contributed by atoms with Gasteiger partial charge in [0.1, 0.15) is 5.82 Å². The number of nitrogens with zero attached hydrogens (tertiary/aromatic N) is 1. The van der Waals surface area contributed by atoms with Gasteiger partial charge in [-0.2, -0.15) is 5.26 Å². The van der Waals surface area contributed by atoms with E-state index in [4.69, 9.17) is 4.74 Å². The van der Waals surface area contributed by atoms with Crippen LogP contribution in [-0.2, 0) is 9.53 Å². The zero-order valence-electron chi connectivity index (χ0n) is 16.4. The monoisotopic (exact) mass is 442 g/mol. The Morgan fingerprint density at radius 2 is 2.03 bits per heavy atom. The highest BCUT2D eigenvalue weighted by Gasteiger charge is 2.35. The zero-order valence-corrected chi connectivity index (χ0v) is 18.0. The van der Waals surface area contributed by atoms with Gasteiger partial charge >= 0.3 is 5.97 Å². The molecule has 0 amide bonds. The lowest BCUT2D eigenvalue weighted by molar-refractivity contribution is -0.138. The lowest BCUT2D eigenvalue weighted by atomic mass is 9.82. The third-order valence-corrected chi connectivity index (χ3v) is 6.42. The fraction of sp³-hybridized carbons (Fsp3) is 0.227. The summed E-state index contributed by atoms with van der Waals surface area (Å²) in [5.41, 5.74) is 1.72. The highest BCUT2D eigenvalue weighted by Crippen LogP contribution is 2.41. The number of esters is 1. The number of halogens is 1. The molecule has 0 aliphatic carbocycles. The van der Waals surface area contributed by atoms with Crippen LogP contribution in [-0.4, -0.2) is 24.1 Å². The predicted octanol–water partition coefficient (Wildman–Crippen LogP) is 4.76. The molecule has 1 aromatic carbocycles. The number of thiophene rings is 1. The molecule has 1 aliphatic rings. The van der Waals surface area contributed by atoms with Crippen LogP contribution in [0.15, 0.2) is 63.7 Å². The summed E-state index contributed by atoms with van der Waals surface area (Å²) in [7, 11) is 0. The summed E-state index contributed by atoms with van der Waals surface area (Å²) < 4.78 is 18.7. The van der Waals surface area contributed by atoms with Gasteiger partial charge in [-0.25, -0.2) is 9.18 Å². The molecule has 1 N–H and O–H groups in total. The van der Waals surface area contributed by atoms with E-state index in [1.807, 2.05) is 11.4 Å². The minimum Gasteiger partial charge on any atom is -0.463 e. The minimum absolute atomic E-state index is 0.0438. The third kappa shape index (κ3) is 4.64. The van der Waals surface area contributed by atoms with Crippen LogP contribution in [0, 0.1) is 17.1 Å². The molecule has 0 saturated carbocycles. The Balaban J connectivity index is 1.99. The number of nitrogens with one attached hydrogen (secondary N) is 1. The largest absolute Gasteiger partial charge is 0.463 e. The fourth-order valence-corrected chi connectivity index (χ4v) is 4.87. The Hall–Kier alpha value is -2.89. The highest BCUT2D eigenvalue weighted by atomic mass is 32.2. The van der Waals surface area contributed by atoms with Gasteiger partial charge in [0.15, 0.2) is 5.78 Å². The second kappa shape index (κ2) is 9.74. The van der Waals surface area contributed by atoms with Gasteiger partial charge in [0, 0.05) is 5.70 Å². The number of hydrogen-bond acceptors (Lipinski definition) is 7. The number of Topliss-reactive ketones (excluding diaryl/α,β-unsaturated/α-hetero) is 1. The van der Waals surface area contributed by atoms with E-state index in [9.17, 15) is 19.2 Å². The Labute approximate surface area is 182 Å². The molecule has 8 heteroatoms. The Morgan fingerprint density at radius 3 is 2.63 bits per heavy atom.